The molecule has 0 aliphatic carbocycles. The quantitative estimate of drug-likeness (QED) is 0.639. The Morgan fingerprint density at radius 1 is 1.47 bits per heavy atom. The molecule has 0 amide bonds. The molecule has 3 aromatic rings. The second kappa shape index (κ2) is 3.74. The number of fused-ring (bicyclic) bond motifs is 1. The Hall–Kier alpha value is -2.09. The minimum absolute atomic E-state index is 0.0718. The second-order valence-electron chi connectivity index (χ2n) is 3.51. The van der Waals surface area contributed by atoms with Gasteiger partial charge in [-0.1, -0.05) is 0 Å². The van der Waals surface area contributed by atoms with E-state index in [1.165, 1.54) is 27.0 Å². The molecule has 0 atom stereocenters. The summed E-state index contributed by atoms with van der Waals surface area (Å²) in [7, 11) is 1.68. The molecule has 0 fully saturated rings. The number of nitrogens with zero attached hydrogens (tertiary/aromatic N) is 6. The molecule has 0 unspecified atom stereocenters. The molecule has 0 saturated heterocycles. The van der Waals surface area contributed by atoms with Crippen molar-refractivity contribution in [3.05, 3.63) is 34.0 Å². The summed E-state index contributed by atoms with van der Waals surface area (Å²) in [6, 6.07) is 1.83. The Morgan fingerprint density at radius 2 is 2.35 bits per heavy atom. The summed E-state index contributed by atoms with van der Waals surface area (Å²) >= 11 is 1.39. The van der Waals surface area contributed by atoms with Crippen molar-refractivity contribution < 1.29 is 0 Å². The molecule has 86 valence electrons. The molecular weight excluding hydrogens is 240 g/mol. The van der Waals surface area contributed by atoms with Crippen molar-refractivity contribution in [1.29, 1.82) is 0 Å². The number of aromatic nitrogens is 6. The molecule has 0 saturated carbocycles. The lowest BCUT2D eigenvalue weighted by Gasteiger charge is -2.00. The van der Waals surface area contributed by atoms with Crippen molar-refractivity contribution in [1.82, 2.24) is 29.8 Å². The first-order valence-corrected chi connectivity index (χ1v) is 5.77. The summed E-state index contributed by atoms with van der Waals surface area (Å²) in [6.07, 6.45) is 1.51. The summed E-state index contributed by atoms with van der Waals surface area (Å²) in [4.78, 5) is 17.6. The van der Waals surface area contributed by atoms with Crippen molar-refractivity contribution in [2.24, 2.45) is 7.05 Å². The first-order valence-electron chi connectivity index (χ1n) is 4.89. The Labute approximate surface area is 99.3 Å². The fourth-order valence-electron chi connectivity index (χ4n) is 1.53. The molecule has 0 aliphatic heterocycles. The molecule has 3 aromatic heterocycles. The van der Waals surface area contributed by atoms with Gasteiger partial charge in [-0.2, -0.15) is 4.80 Å². The van der Waals surface area contributed by atoms with Crippen LogP contribution >= 0.6 is 11.3 Å². The van der Waals surface area contributed by atoms with Crippen LogP contribution in [0.15, 0.2) is 22.6 Å². The van der Waals surface area contributed by atoms with E-state index < -0.39 is 0 Å². The maximum Gasteiger partial charge on any atom is 0.271 e. The van der Waals surface area contributed by atoms with Gasteiger partial charge in [-0.3, -0.25) is 9.36 Å². The lowest BCUT2D eigenvalue weighted by Crippen LogP contribution is -2.20. The van der Waals surface area contributed by atoms with Crippen molar-refractivity contribution in [3.8, 4) is 0 Å². The lowest BCUT2D eigenvalue weighted by molar-refractivity contribution is 0.623. The summed E-state index contributed by atoms with van der Waals surface area (Å²) in [5.74, 6) is 0.493. The van der Waals surface area contributed by atoms with Gasteiger partial charge in [0.2, 0.25) is 0 Å². The molecule has 3 rings (SSSR count). The van der Waals surface area contributed by atoms with Crippen LogP contribution in [0.1, 0.15) is 5.82 Å². The van der Waals surface area contributed by atoms with E-state index in [4.69, 9.17) is 0 Å². The molecule has 0 radical (unpaired) electrons. The van der Waals surface area contributed by atoms with Gasteiger partial charge in [-0.15, -0.1) is 21.5 Å². The molecular formula is C9H8N6OS. The zero-order valence-corrected chi connectivity index (χ0v) is 9.76. The highest BCUT2D eigenvalue weighted by molar-refractivity contribution is 7.17. The van der Waals surface area contributed by atoms with Crippen LogP contribution in [0.5, 0.6) is 0 Å². The monoisotopic (exact) mass is 248 g/mol. The number of hydrogen-bond donors (Lipinski definition) is 0. The molecule has 0 aliphatic rings. The van der Waals surface area contributed by atoms with E-state index in [0.717, 1.165) is 5.52 Å². The van der Waals surface area contributed by atoms with Crippen molar-refractivity contribution in [2.75, 3.05) is 0 Å². The summed E-state index contributed by atoms with van der Waals surface area (Å²) in [5, 5.41) is 13.4. The maximum absolute atomic E-state index is 12.1. The van der Waals surface area contributed by atoms with Crippen LogP contribution in [0.2, 0.25) is 0 Å². The van der Waals surface area contributed by atoms with E-state index in [-0.39, 0.29) is 12.1 Å². The van der Waals surface area contributed by atoms with E-state index in [2.05, 4.69) is 20.4 Å². The molecule has 3 heterocycles. The molecule has 8 heteroatoms. The number of aryl methyl sites for hydroxylation is 1. The number of thiophene rings is 1. The number of tetrazole rings is 1. The molecule has 7 nitrogen and oxygen atoms in total. The third kappa shape index (κ3) is 1.72. The van der Waals surface area contributed by atoms with E-state index >= 15 is 0 Å². The Balaban J connectivity index is 2.06. The molecule has 17 heavy (non-hydrogen) atoms. The Bertz CT molecular complexity index is 726. The average molecular weight is 248 g/mol. The highest BCUT2D eigenvalue weighted by Gasteiger charge is 2.07. The SMILES string of the molecule is Cn1nnc(Cn2cnc3ccsc3c2=O)n1. The third-order valence-corrected chi connectivity index (χ3v) is 3.19. The largest absolute Gasteiger partial charge is 0.290 e. The van der Waals surface area contributed by atoms with Crippen molar-refractivity contribution >= 4 is 21.6 Å². The fourth-order valence-corrected chi connectivity index (χ4v) is 2.32. The lowest BCUT2D eigenvalue weighted by atomic mass is 10.4. The summed E-state index contributed by atoms with van der Waals surface area (Å²) in [5.41, 5.74) is 0.654. The predicted molar refractivity (Wildman–Crippen MR) is 61.8 cm³/mol. The van der Waals surface area contributed by atoms with E-state index in [1.807, 2.05) is 11.4 Å². The Kier molecular flexibility index (Phi) is 2.22. The van der Waals surface area contributed by atoms with Crippen LogP contribution in [0.3, 0.4) is 0 Å². The highest BCUT2D eigenvalue weighted by atomic mass is 32.1. The number of rotatable bonds is 2. The molecule has 0 bridgehead atoms. The van der Waals surface area contributed by atoms with Gasteiger partial charge in [-0.25, -0.2) is 4.98 Å². The molecule has 0 spiro atoms. The minimum atomic E-state index is -0.0718. The van der Waals surface area contributed by atoms with Crippen LogP contribution in [0.4, 0.5) is 0 Å². The molecule has 0 aromatic carbocycles. The topological polar surface area (TPSA) is 78.5 Å². The zero-order valence-electron chi connectivity index (χ0n) is 8.94. The summed E-state index contributed by atoms with van der Waals surface area (Å²) in [6.45, 7) is 0.285. The van der Waals surface area contributed by atoms with E-state index in [0.29, 0.717) is 10.5 Å². The van der Waals surface area contributed by atoms with Crippen LogP contribution in [0.25, 0.3) is 10.2 Å². The van der Waals surface area contributed by atoms with Crippen molar-refractivity contribution in [2.45, 2.75) is 6.54 Å². The van der Waals surface area contributed by atoms with Crippen LogP contribution < -0.4 is 5.56 Å². The van der Waals surface area contributed by atoms with Gasteiger partial charge in [0, 0.05) is 0 Å². The maximum atomic E-state index is 12.1. The normalized spacial score (nSPS) is 11.1. The average Bonchev–Trinajstić information content (AvgIpc) is 2.92. The Morgan fingerprint density at radius 3 is 3.12 bits per heavy atom. The van der Waals surface area contributed by atoms with Gasteiger partial charge >= 0.3 is 0 Å². The molecule has 0 N–H and O–H groups in total. The van der Waals surface area contributed by atoms with Gasteiger partial charge in [-0.05, 0) is 16.7 Å². The van der Waals surface area contributed by atoms with E-state index in [9.17, 15) is 4.79 Å². The summed E-state index contributed by atoms with van der Waals surface area (Å²) < 4.78 is 2.13. The first kappa shape index (κ1) is 10.1. The van der Waals surface area contributed by atoms with Gasteiger partial charge in [0.15, 0.2) is 5.82 Å². The standard InChI is InChI=1S/C9H8N6OS/c1-14-12-7(11-13-14)4-15-5-10-6-2-3-17-8(6)9(15)16/h2-3,5H,4H2,1H3. The van der Waals surface area contributed by atoms with Gasteiger partial charge < -0.3 is 0 Å². The van der Waals surface area contributed by atoms with Crippen molar-refractivity contribution in [3.63, 3.8) is 0 Å². The van der Waals surface area contributed by atoms with Gasteiger partial charge in [0.05, 0.1) is 25.4 Å². The smallest absolute Gasteiger partial charge is 0.271 e. The predicted octanol–water partition coefficient (Wildman–Crippen LogP) is 0.0298. The zero-order chi connectivity index (χ0) is 11.8. The number of hydrogen-bond acceptors (Lipinski definition) is 6. The fraction of sp³-hybridized carbons (Fsp3) is 0.222. The first-order chi connectivity index (χ1) is 8.24. The third-order valence-electron chi connectivity index (χ3n) is 2.30. The van der Waals surface area contributed by atoms with Gasteiger partial charge in [0.1, 0.15) is 4.70 Å². The second-order valence-corrected chi connectivity index (χ2v) is 4.42. The highest BCUT2D eigenvalue weighted by Crippen LogP contribution is 2.13. The van der Waals surface area contributed by atoms with E-state index in [1.54, 1.807) is 7.05 Å². The minimum Gasteiger partial charge on any atom is -0.290 e. The van der Waals surface area contributed by atoms with Gasteiger partial charge in [0.25, 0.3) is 5.56 Å². The van der Waals surface area contributed by atoms with Crippen LogP contribution in [-0.4, -0.2) is 29.8 Å². The van der Waals surface area contributed by atoms with Crippen LogP contribution in [0, 0.1) is 0 Å². The van der Waals surface area contributed by atoms with Crippen LogP contribution in [-0.2, 0) is 13.6 Å².